The first-order valence-electron chi connectivity index (χ1n) is 9.88. The predicted molar refractivity (Wildman–Crippen MR) is 98.1 cm³/mol. The van der Waals surface area contributed by atoms with E-state index in [2.05, 4.69) is 10.4 Å². The van der Waals surface area contributed by atoms with E-state index in [0.717, 1.165) is 24.3 Å². The SMILES string of the molecule is O=Cc1cc2c(C(=O)NCC34CC5CCCC(C3)C(C5)C4)cccn2n1. The molecular formula is C21H25N3O2. The van der Waals surface area contributed by atoms with Crippen LogP contribution in [-0.4, -0.2) is 28.4 Å². The molecule has 2 aromatic rings. The topological polar surface area (TPSA) is 63.5 Å². The van der Waals surface area contributed by atoms with Crippen molar-refractivity contribution in [1.29, 1.82) is 0 Å². The summed E-state index contributed by atoms with van der Waals surface area (Å²) in [6.07, 6.45) is 11.9. The van der Waals surface area contributed by atoms with Crippen LogP contribution < -0.4 is 5.32 Å². The second-order valence-corrected chi connectivity index (χ2v) is 8.79. The van der Waals surface area contributed by atoms with Crippen molar-refractivity contribution < 1.29 is 9.59 Å². The van der Waals surface area contributed by atoms with Crippen molar-refractivity contribution in [2.45, 2.75) is 44.9 Å². The third kappa shape index (κ3) is 2.56. The number of fused-ring (bicyclic) bond motifs is 3. The van der Waals surface area contributed by atoms with Gasteiger partial charge in [0.15, 0.2) is 6.29 Å². The lowest BCUT2D eigenvalue weighted by molar-refractivity contribution is 0.0892. The molecule has 5 heteroatoms. The van der Waals surface area contributed by atoms with Crippen molar-refractivity contribution in [3.63, 3.8) is 0 Å². The van der Waals surface area contributed by atoms with Gasteiger partial charge in [0, 0.05) is 12.7 Å². The van der Waals surface area contributed by atoms with Crippen molar-refractivity contribution >= 4 is 17.7 Å². The minimum atomic E-state index is -0.0542. The molecule has 3 aliphatic rings. The maximum absolute atomic E-state index is 12.9. The average Bonchev–Trinajstić information content (AvgIpc) is 3.13. The lowest BCUT2D eigenvalue weighted by Crippen LogP contribution is -2.39. The number of hydrogen-bond donors (Lipinski definition) is 1. The fourth-order valence-corrected chi connectivity index (χ4v) is 6.19. The second kappa shape index (κ2) is 5.93. The molecular weight excluding hydrogens is 326 g/mol. The summed E-state index contributed by atoms with van der Waals surface area (Å²) in [6, 6.07) is 5.29. The van der Waals surface area contributed by atoms with E-state index in [-0.39, 0.29) is 5.91 Å². The van der Waals surface area contributed by atoms with Crippen LogP contribution >= 0.6 is 0 Å². The highest BCUT2D eigenvalue weighted by atomic mass is 16.1. The van der Waals surface area contributed by atoms with Crippen molar-refractivity contribution in [2.75, 3.05) is 6.54 Å². The smallest absolute Gasteiger partial charge is 0.253 e. The number of aldehydes is 1. The van der Waals surface area contributed by atoms with Crippen LogP contribution in [0.4, 0.5) is 0 Å². The van der Waals surface area contributed by atoms with Crippen molar-refractivity contribution in [2.24, 2.45) is 23.2 Å². The summed E-state index contributed by atoms with van der Waals surface area (Å²) in [6.45, 7) is 0.783. The highest BCUT2D eigenvalue weighted by Gasteiger charge is 2.51. The van der Waals surface area contributed by atoms with Gasteiger partial charge < -0.3 is 5.32 Å². The first kappa shape index (κ1) is 16.0. The van der Waals surface area contributed by atoms with Crippen LogP contribution in [-0.2, 0) is 0 Å². The molecule has 0 saturated heterocycles. The van der Waals surface area contributed by atoms with Gasteiger partial charge in [0.05, 0.1) is 11.1 Å². The van der Waals surface area contributed by atoms with Gasteiger partial charge in [0.25, 0.3) is 5.91 Å². The molecule has 2 heterocycles. The predicted octanol–water partition coefficient (Wildman–Crippen LogP) is 3.48. The van der Waals surface area contributed by atoms with Gasteiger partial charge in [-0.2, -0.15) is 5.10 Å². The lowest BCUT2D eigenvalue weighted by Gasteiger charge is -2.38. The first-order chi connectivity index (χ1) is 12.7. The molecule has 136 valence electrons. The van der Waals surface area contributed by atoms with E-state index >= 15 is 0 Å². The number of aromatic nitrogens is 2. The van der Waals surface area contributed by atoms with E-state index in [1.807, 2.05) is 6.07 Å². The van der Waals surface area contributed by atoms with E-state index in [1.54, 1.807) is 22.8 Å². The van der Waals surface area contributed by atoms with Gasteiger partial charge in [-0.3, -0.25) is 9.59 Å². The van der Waals surface area contributed by atoms with Crippen molar-refractivity contribution in [1.82, 2.24) is 14.9 Å². The highest BCUT2D eigenvalue weighted by Crippen LogP contribution is 2.59. The molecule has 2 aromatic heterocycles. The van der Waals surface area contributed by atoms with Crippen molar-refractivity contribution in [3.8, 4) is 0 Å². The quantitative estimate of drug-likeness (QED) is 0.858. The molecule has 3 aliphatic carbocycles. The maximum Gasteiger partial charge on any atom is 0.253 e. The van der Waals surface area contributed by atoms with E-state index < -0.39 is 0 Å². The Balaban J connectivity index is 1.35. The Kier molecular flexibility index (Phi) is 3.66. The Hall–Kier alpha value is -2.17. The number of rotatable bonds is 4. The number of nitrogens with zero attached hydrogens (tertiary/aromatic N) is 2. The van der Waals surface area contributed by atoms with E-state index in [1.165, 1.54) is 44.9 Å². The number of hydrogen-bond acceptors (Lipinski definition) is 3. The van der Waals surface area contributed by atoms with Crippen molar-refractivity contribution in [3.05, 3.63) is 35.7 Å². The van der Waals surface area contributed by atoms with Crippen LogP contribution in [0.5, 0.6) is 0 Å². The average molecular weight is 351 g/mol. The first-order valence-corrected chi connectivity index (χ1v) is 9.88. The zero-order valence-corrected chi connectivity index (χ0v) is 15.0. The maximum atomic E-state index is 12.9. The van der Waals surface area contributed by atoms with Gasteiger partial charge in [-0.15, -0.1) is 0 Å². The van der Waals surface area contributed by atoms with Gasteiger partial charge in [-0.05, 0) is 67.1 Å². The summed E-state index contributed by atoms with van der Waals surface area (Å²) in [5.41, 5.74) is 1.94. The van der Waals surface area contributed by atoms with Crippen LogP contribution in [0.1, 0.15) is 65.8 Å². The van der Waals surface area contributed by atoms with E-state index in [4.69, 9.17) is 0 Å². The van der Waals surface area contributed by atoms with Gasteiger partial charge >= 0.3 is 0 Å². The molecule has 0 spiro atoms. The minimum absolute atomic E-state index is 0.0542. The third-order valence-electron chi connectivity index (χ3n) is 7.11. The fourth-order valence-electron chi connectivity index (χ4n) is 6.19. The standard InChI is InChI=1S/C21H25N3O2/c25-12-17-8-19-18(5-2-6-24(19)23-17)20(26)22-13-21-9-14-3-1-4-15(10-21)16(7-14)11-21/h2,5-6,8,12,14-16H,1,3-4,7,9-11,13H2,(H,22,26). The van der Waals surface area contributed by atoms with Gasteiger partial charge in [-0.25, -0.2) is 4.52 Å². The lowest BCUT2D eigenvalue weighted by atomic mass is 9.69. The van der Waals surface area contributed by atoms with Crippen LogP contribution in [0, 0.1) is 23.2 Å². The summed E-state index contributed by atoms with van der Waals surface area (Å²) < 4.78 is 1.60. The largest absolute Gasteiger partial charge is 0.351 e. The third-order valence-corrected chi connectivity index (χ3v) is 7.11. The molecule has 3 fully saturated rings. The molecule has 3 bridgehead atoms. The Morgan fingerprint density at radius 3 is 3.08 bits per heavy atom. The number of pyridine rings is 1. The number of carbonyl (C=O) groups is 2. The molecule has 1 N–H and O–H groups in total. The second-order valence-electron chi connectivity index (χ2n) is 8.79. The zero-order valence-electron chi connectivity index (χ0n) is 15.0. The number of nitrogens with one attached hydrogen (secondary N) is 1. The normalized spacial score (nSPS) is 32.5. The molecule has 0 radical (unpaired) electrons. The molecule has 1 amide bonds. The van der Waals surface area contributed by atoms with Crippen LogP contribution in [0.3, 0.4) is 0 Å². The number of amides is 1. The zero-order chi connectivity index (χ0) is 17.7. The van der Waals surface area contributed by atoms with E-state index in [0.29, 0.717) is 28.5 Å². The summed E-state index contributed by atoms with van der Waals surface area (Å²) in [5.74, 6) is 2.59. The molecule has 0 aromatic carbocycles. The Bertz CT molecular complexity index is 869. The summed E-state index contributed by atoms with van der Waals surface area (Å²) in [4.78, 5) is 23.9. The fraction of sp³-hybridized carbons (Fsp3) is 0.571. The van der Waals surface area contributed by atoms with Crippen LogP contribution in [0.15, 0.2) is 24.4 Å². The van der Waals surface area contributed by atoms with E-state index in [9.17, 15) is 9.59 Å². The van der Waals surface area contributed by atoms with Crippen LogP contribution in [0.2, 0.25) is 0 Å². The van der Waals surface area contributed by atoms with Crippen LogP contribution in [0.25, 0.3) is 5.52 Å². The molecule has 26 heavy (non-hydrogen) atoms. The summed E-state index contributed by atoms with van der Waals surface area (Å²) >= 11 is 0. The number of carbonyl (C=O) groups excluding carboxylic acids is 2. The Labute approximate surface area is 153 Å². The molecule has 4 unspecified atom stereocenters. The Morgan fingerprint density at radius 2 is 2.19 bits per heavy atom. The van der Waals surface area contributed by atoms with Gasteiger partial charge in [0.2, 0.25) is 0 Å². The highest BCUT2D eigenvalue weighted by molar-refractivity contribution is 6.01. The minimum Gasteiger partial charge on any atom is -0.351 e. The molecule has 0 aliphatic heterocycles. The van der Waals surface area contributed by atoms with Gasteiger partial charge in [0.1, 0.15) is 5.69 Å². The monoisotopic (exact) mass is 351 g/mol. The van der Waals surface area contributed by atoms with Gasteiger partial charge in [-0.1, -0.05) is 19.3 Å². The molecule has 5 rings (SSSR count). The summed E-state index contributed by atoms with van der Waals surface area (Å²) in [7, 11) is 0. The molecule has 5 nitrogen and oxygen atoms in total. The molecule has 3 saturated carbocycles. The summed E-state index contributed by atoms with van der Waals surface area (Å²) in [5, 5.41) is 7.40. The Morgan fingerprint density at radius 1 is 1.31 bits per heavy atom. The molecule has 4 atom stereocenters.